The van der Waals surface area contributed by atoms with Crippen LogP contribution in [0.3, 0.4) is 0 Å². The smallest absolute Gasteiger partial charge is 0.0383 e. The first-order valence-electron chi connectivity index (χ1n) is 3.37. The fraction of sp³-hybridized carbons (Fsp3) is 0.250. The zero-order valence-corrected chi connectivity index (χ0v) is 6.23. The highest BCUT2D eigenvalue weighted by Crippen LogP contribution is 2.27. The number of allylic oxidation sites excluding steroid dienone is 4. The molecule has 1 atom stereocenters. The molecule has 0 saturated heterocycles. The summed E-state index contributed by atoms with van der Waals surface area (Å²) in [5.41, 5.74) is 1.23. The van der Waals surface area contributed by atoms with Crippen molar-refractivity contribution in [1.82, 2.24) is 5.32 Å². The summed E-state index contributed by atoms with van der Waals surface area (Å²) in [7, 11) is 0. The Morgan fingerprint density at radius 1 is 1.60 bits per heavy atom. The molecule has 0 aromatic carbocycles. The molecule has 1 aliphatic carbocycles. The minimum absolute atomic E-state index is 0.558. The van der Waals surface area contributed by atoms with Crippen LogP contribution in [0.15, 0.2) is 35.2 Å². The SMILES string of the molecule is ClC1=CCC2C=CNC2=C1. The predicted molar refractivity (Wildman–Crippen MR) is 42.4 cm³/mol. The van der Waals surface area contributed by atoms with E-state index in [1.807, 2.05) is 18.4 Å². The van der Waals surface area contributed by atoms with Gasteiger partial charge in [0.2, 0.25) is 0 Å². The molecule has 0 aromatic rings. The quantitative estimate of drug-likeness (QED) is 0.562. The molecule has 1 N–H and O–H groups in total. The second kappa shape index (κ2) is 2.17. The van der Waals surface area contributed by atoms with E-state index in [0.29, 0.717) is 5.92 Å². The first-order chi connectivity index (χ1) is 4.86. The van der Waals surface area contributed by atoms with Gasteiger partial charge in [0, 0.05) is 16.6 Å². The van der Waals surface area contributed by atoms with Crippen LogP contribution >= 0.6 is 11.6 Å². The maximum Gasteiger partial charge on any atom is 0.0383 e. The number of hydrogen-bond acceptors (Lipinski definition) is 1. The number of hydrogen-bond donors (Lipinski definition) is 1. The third-order valence-electron chi connectivity index (χ3n) is 1.84. The Hall–Kier alpha value is -0.690. The van der Waals surface area contributed by atoms with Gasteiger partial charge in [-0.1, -0.05) is 23.8 Å². The van der Waals surface area contributed by atoms with Crippen molar-refractivity contribution in [1.29, 1.82) is 0 Å². The summed E-state index contributed by atoms with van der Waals surface area (Å²) in [5.74, 6) is 0.558. The highest BCUT2D eigenvalue weighted by Gasteiger charge is 2.17. The van der Waals surface area contributed by atoms with Crippen LogP contribution in [0, 0.1) is 5.92 Å². The fourth-order valence-electron chi connectivity index (χ4n) is 1.27. The maximum atomic E-state index is 5.80. The van der Waals surface area contributed by atoms with Crippen molar-refractivity contribution in [3.8, 4) is 0 Å². The van der Waals surface area contributed by atoms with Gasteiger partial charge in [0.15, 0.2) is 0 Å². The molecular formula is C8H8ClN. The van der Waals surface area contributed by atoms with Crippen molar-refractivity contribution in [2.45, 2.75) is 6.42 Å². The van der Waals surface area contributed by atoms with Crippen molar-refractivity contribution in [2.24, 2.45) is 5.92 Å². The van der Waals surface area contributed by atoms with Gasteiger partial charge in [-0.05, 0) is 18.7 Å². The summed E-state index contributed by atoms with van der Waals surface area (Å²) < 4.78 is 0. The predicted octanol–water partition coefficient (Wildman–Crippen LogP) is 2.13. The number of fused-ring (bicyclic) bond motifs is 1. The lowest BCUT2D eigenvalue weighted by Gasteiger charge is -2.12. The molecule has 0 bridgehead atoms. The van der Waals surface area contributed by atoms with E-state index < -0.39 is 0 Å². The van der Waals surface area contributed by atoms with E-state index in [2.05, 4.69) is 11.4 Å². The van der Waals surface area contributed by atoms with Crippen LogP contribution in [0.1, 0.15) is 6.42 Å². The summed E-state index contributed by atoms with van der Waals surface area (Å²) in [5, 5.41) is 3.99. The standard InChI is InChI=1S/C8H8ClN/c9-7-2-1-6-3-4-10-8(6)5-7/h2-6,10H,1H2. The molecule has 1 nitrogen and oxygen atoms in total. The summed E-state index contributed by atoms with van der Waals surface area (Å²) in [6.07, 6.45) is 9.20. The molecule has 52 valence electrons. The Morgan fingerprint density at radius 3 is 3.40 bits per heavy atom. The average molecular weight is 154 g/mol. The number of rotatable bonds is 0. The molecule has 0 spiro atoms. The van der Waals surface area contributed by atoms with E-state index >= 15 is 0 Å². The van der Waals surface area contributed by atoms with E-state index in [1.165, 1.54) is 5.70 Å². The molecule has 0 aromatic heterocycles. The zero-order chi connectivity index (χ0) is 6.97. The van der Waals surface area contributed by atoms with Crippen LogP contribution in [0.25, 0.3) is 0 Å². The molecule has 0 saturated carbocycles. The van der Waals surface area contributed by atoms with Gasteiger partial charge in [-0.2, -0.15) is 0 Å². The molecule has 1 heterocycles. The van der Waals surface area contributed by atoms with Crippen molar-refractivity contribution < 1.29 is 0 Å². The molecule has 2 heteroatoms. The van der Waals surface area contributed by atoms with Crippen LogP contribution in [-0.2, 0) is 0 Å². The zero-order valence-electron chi connectivity index (χ0n) is 5.47. The summed E-state index contributed by atoms with van der Waals surface area (Å²) in [4.78, 5) is 0. The van der Waals surface area contributed by atoms with Gasteiger partial charge in [0.05, 0.1) is 0 Å². The van der Waals surface area contributed by atoms with Gasteiger partial charge in [0.25, 0.3) is 0 Å². The van der Waals surface area contributed by atoms with Crippen molar-refractivity contribution in [3.63, 3.8) is 0 Å². The molecule has 2 aliphatic rings. The largest absolute Gasteiger partial charge is 0.365 e. The van der Waals surface area contributed by atoms with Crippen LogP contribution in [0.5, 0.6) is 0 Å². The third kappa shape index (κ3) is 0.868. The normalized spacial score (nSPS) is 28.7. The van der Waals surface area contributed by atoms with Crippen LogP contribution in [-0.4, -0.2) is 0 Å². The van der Waals surface area contributed by atoms with Gasteiger partial charge in [-0.25, -0.2) is 0 Å². The first-order valence-corrected chi connectivity index (χ1v) is 3.74. The molecule has 0 fully saturated rings. The first kappa shape index (κ1) is 6.05. The highest BCUT2D eigenvalue weighted by atomic mass is 35.5. The topological polar surface area (TPSA) is 12.0 Å². The molecule has 1 aliphatic heterocycles. The van der Waals surface area contributed by atoms with E-state index in [0.717, 1.165) is 11.5 Å². The third-order valence-corrected chi connectivity index (χ3v) is 2.10. The van der Waals surface area contributed by atoms with Gasteiger partial charge in [0.1, 0.15) is 0 Å². The van der Waals surface area contributed by atoms with E-state index in [1.54, 1.807) is 0 Å². The molecule has 2 rings (SSSR count). The molecule has 0 amide bonds. The van der Waals surface area contributed by atoms with Crippen molar-refractivity contribution >= 4 is 11.6 Å². The van der Waals surface area contributed by atoms with Crippen LogP contribution in [0.4, 0.5) is 0 Å². The molecule has 1 unspecified atom stereocenters. The lowest BCUT2D eigenvalue weighted by atomic mass is 9.99. The molecule has 0 radical (unpaired) electrons. The van der Waals surface area contributed by atoms with E-state index in [-0.39, 0.29) is 0 Å². The van der Waals surface area contributed by atoms with Crippen LogP contribution < -0.4 is 5.32 Å². The second-order valence-electron chi connectivity index (χ2n) is 2.53. The Bertz CT molecular complexity index is 238. The van der Waals surface area contributed by atoms with Crippen molar-refractivity contribution in [2.75, 3.05) is 0 Å². The summed E-state index contributed by atoms with van der Waals surface area (Å²) >= 11 is 5.80. The average Bonchev–Trinajstić information content (AvgIpc) is 2.33. The van der Waals surface area contributed by atoms with Gasteiger partial charge >= 0.3 is 0 Å². The number of nitrogens with one attached hydrogen (secondary N) is 1. The van der Waals surface area contributed by atoms with Gasteiger partial charge < -0.3 is 5.32 Å². The van der Waals surface area contributed by atoms with E-state index in [4.69, 9.17) is 11.6 Å². The highest BCUT2D eigenvalue weighted by molar-refractivity contribution is 6.31. The van der Waals surface area contributed by atoms with E-state index in [9.17, 15) is 0 Å². The fourth-order valence-corrected chi connectivity index (χ4v) is 1.48. The summed E-state index contributed by atoms with van der Waals surface area (Å²) in [6.45, 7) is 0. The molecular weight excluding hydrogens is 146 g/mol. The number of halogens is 1. The van der Waals surface area contributed by atoms with Gasteiger partial charge in [-0.3, -0.25) is 0 Å². The summed E-state index contributed by atoms with van der Waals surface area (Å²) in [6, 6.07) is 0. The van der Waals surface area contributed by atoms with Gasteiger partial charge in [-0.15, -0.1) is 0 Å². The second-order valence-corrected chi connectivity index (χ2v) is 2.97. The minimum Gasteiger partial charge on any atom is -0.365 e. The Kier molecular flexibility index (Phi) is 1.31. The van der Waals surface area contributed by atoms with Crippen molar-refractivity contribution in [3.05, 3.63) is 35.2 Å². The lowest BCUT2D eigenvalue weighted by Crippen LogP contribution is -2.08. The minimum atomic E-state index is 0.558. The monoisotopic (exact) mass is 153 g/mol. The lowest BCUT2D eigenvalue weighted by molar-refractivity contribution is 0.754. The van der Waals surface area contributed by atoms with Crippen LogP contribution in [0.2, 0.25) is 0 Å². The molecule has 10 heavy (non-hydrogen) atoms. The Balaban J connectivity index is 2.29. The maximum absolute atomic E-state index is 5.80. The Morgan fingerprint density at radius 2 is 2.50 bits per heavy atom. The Labute approximate surface area is 65.1 Å².